The van der Waals surface area contributed by atoms with E-state index in [9.17, 15) is 4.79 Å². The van der Waals surface area contributed by atoms with E-state index in [1.165, 1.54) is 0 Å². The molecule has 0 aromatic heterocycles. The van der Waals surface area contributed by atoms with Gasteiger partial charge >= 0.3 is 5.97 Å². The molecule has 0 aromatic rings. The zero-order chi connectivity index (χ0) is 6.57. The third kappa shape index (κ3) is 3.36. The molecule has 3 heteroatoms. The van der Waals surface area contributed by atoms with E-state index in [0.29, 0.717) is 5.57 Å². The molecule has 0 aliphatic heterocycles. The molecule has 0 aliphatic rings. The third-order valence-electron chi connectivity index (χ3n) is 0.619. The molecule has 2 N–H and O–H groups in total. The van der Waals surface area contributed by atoms with E-state index in [4.69, 9.17) is 10.2 Å². The summed E-state index contributed by atoms with van der Waals surface area (Å²) in [6, 6.07) is 0. The fourth-order valence-electron chi connectivity index (χ4n) is 0.256. The van der Waals surface area contributed by atoms with E-state index in [0.717, 1.165) is 6.08 Å². The fraction of sp³-hybridized carbons (Fsp3) is 0.400. The molecular formula is C5H8O3. The van der Waals surface area contributed by atoms with Crippen molar-refractivity contribution in [3.8, 4) is 0 Å². The maximum Gasteiger partial charge on any atom is 0.328 e. The van der Waals surface area contributed by atoms with Crippen LogP contribution in [0.15, 0.2) is 11.6 Å². The molecule has 3 nitrogen and oxygen atoms in total. The van der Waals surface area contributed by atoms with Crippen LogP contribution in [0.3, 0.4) is 0 Å². The Morgan fingerprint density at radius 1 is 1.75 bits per heavy atom. The molecule has 0 unspecified atom stereocenters. The molecule has 0 saturated heterocycles. The van der Waals surface area contributed by atoms with Crippen molar-refractivity contribution in [1.29, 1.82) is 0 Å². The van der Waals surface area contributed by atoms with E-state index in [1.807, 2.05) is 0 Å². The Labute approximate surface area is 47.3 Å². The van der Waals surface area contributed by atoms with E-state index in [-0.39, 0.29) is 6.61 Å². The van der Waals surface area contributed by atoms with E-state index >= 15 is 0 Å². The van der Waals surface area contributed by atoms with E-state index < -0.39 is 5.97 Å². The summed E-state index contributed by atoms with van der Waals surface area (Å²) in [5.74, 6) is -1.02. The predicted octanol–water partition coefficient (Wildman–Crippen LogP) is 0.00960. The number of hydrogen-bond acceptors (Lipinski definition) is 2. The molecule has 0 fully saturated rings. The van der Waals surface area contributed by atoms with Gasteiger partial charge in [-0.15, -0.1) is 0 Å². The largest absolute Gasteiger partial charge is 0.478 e. The topological polar surface area (TPSA) is 57.5 Å². The number of carboxylic acids is 1. The fourth-order valence-corrected chi connectivity index (χ4v) is 0.256. The average Bonchev–Trinajstić information content (AvgIpc) is 1.65. The maximum absolute atomic E-state index is 9.78. The zero-order valence-corrected chi connectivity index (χ0v) is 4.59. The van der Waals surface area contributed by atoms with Crippen molar-refractivity contribution in [2.24, 2.45) is 0 Å². The van der Waals surface area contributed by atoms with Crippen molar-refractivity contribution in [2.45, 2.75) is 6.92 Å². The first-order valence-electron chi connectivity index (χ1n) is 2.17. The van der Waals surface area contributed by atoms with Gasteiger partial charge in [-0.05, 0) is 12.5 Å². The number of aliphatic hydroxyl groups excluding tert-OH is 1. The molecule has 0 atom stereocenters. The summed E-state index contributed by atoms with van der Waals surface area (Å²) in [6.45, 7) is 1.36. The quantitative estimate of drug-likeness (QED) is 0.499. The van der Waals surface area contributed by atoms with Gasteiger partial charge in [-0.2, -0.15) is 0 Å². The highest BCUT2D eigenvalue weighted by Crippen LogP contribution is 1.86. The zero-order valence-electron chi connectivity index (χ0n) is 4.59. The lowest BCUT2D eigenvalue weighted by Crippen LogP contribution is -1.92. The van der Waals surface area contributed by atoms with Crippen molar-refractivity contribution in [2.75, 3.05) is 6.61 Å². The summed E-state index contributed by atoms with van der Waals surface area (Å²) >= 11 is 0. The lowest BCUT2D eigenvalue weighted by Gasteiger charge is -1.87. The minimum atomic E-state index is -1.02. The van der Waals surface area contributed by atoms with Crippen LogP contribution in [0.25, 0.3) is 0 Å². The molecule has 0 spiro atoms. The van der Waals surface area contributed by atoms with Gasteiger partial charge in [-0.1, -0.05) is 0 Å². The Kier molecular flexibility index (Phi) is 2.88. The van der Waals surface area contributed by atoms with Gasteiger partial charge in [-0.3, -0.25) is 0 Å². The number of aliphatic hydroxyl groups is 1. The summed E-state index contributed by atoms with van der Waals surface area (Å²) in [4.78, 5) is 9.78. The van der Waals surface area contributed by atoms with Crippen LogP contribution in [0, 0.1) is 0 Å². The van der Waals surface area contributed by atoms with Crippen molar-refractivity contribution in [3.05, 3.63) is 11.6 Å². The van der Waals surface area contributed by atoms with Gasteiger partial charge in [0.15, 0.2) is 0 Å². The highest BCUT2D eigenvalue weighted by molar-refractivity contribution is 5.80. The Balaban J connectivity index is 3.75. The predicted molar refractivity (Wildman–Crippen MR) is 28.5 cm³/mol. The molecule has 46 valence electrons. The van der Waals surface area contributed by atoms with Gasteiger partial charge in [0.05, 0.1) is 6.61 Å². The summed E-state index contributed by atoms with van der Waals surface area (Å²) in [5, 5.41) is 16.3. The summed E-state index contributed by atoms with van der Waals surface area (Å²) in [6.07, 6.45) is 0.972. The smallest absolute Gasteiger partial charge is 0.328 e. The van der Waals surface area contributed by atoms with Crippen LogP contribution < -0.4 is 0 Å². The van der Waals surface area contributed by atoms with Crippen molar-refractivity contribution >= 4 is 5.97 Å². The molecular weight excluding hydrogens is 108 g/mol. The van der Waals surface area contributed by atoms with Gasteiger partial charge in [0.25, 0.3) is 0 Å². The SMILES string of the molecule is C/C(=C/C(=O)O)CO. The highest BCUT2D eigenvalue weighted by Gasteiger charge is 1.89. The summed E-state index contributed by atoms with van der Waals surface area (Å²) < 4.78 is 0. The molecule has 0 radical (unpaired) electrons. The monoisotopic (exact) mass is 116 g/mol. The Bertz CT molecular complexity index is 115. The van der Waals surface area contributed by atoms with Crippen LogP contribution in [0.5, 0.6) is 0 Å². The van der Waals surface area contributed by atoms with Crippen molar-refractivity contribution in [1.82, 2.24) is 0 Å². The van der Waals surface area contributed by atoms with Gasteiger partial charge in [0, 0.05) is 6.08 Å². The van der Waals surface area contributed by atoms with Crippen LogP contribution in [-0.2, 0) is 4.79 Å². The van der Waals surface area contributed by atoms with E-state index in [2.05, 4.69) is 0 Å². The van der Waals surface area contributed by atoms with Crippen LogP contribution in [0.4, 0.5) is 0 Å². The number of hydrogen-bond donors (Lipinski definition) is 2. The maximum atomic E-state index is 9.78. The summed E-state index contributed by atoms with van der Waals surface area (Å²) in [7, 11) is 0. The minimum absolute atomic E-state index is 0.188. The summed E-state index contributed by atoms with van der Waals surface area (Å²) in [5.41, 5.74) is 0.456. The lowest BCUT2D eigenvalue weighted by molar-refractivity contribution is -0.131. The molecule has 0 amide bonds. The van der Waals surface area contributed by atoms with Crippen LogP contribution in [0.1, 0.15) is 6.92 Å². The lowest BCUT2D eigenvalue weighted by atomic mass is 10.3. The highest BCUT2D eigenvalue weighted by atomic mass is 16.4. The molecule has 0 bridgehead atoms. The minimum Gasteiger partial charge on any atom is -0.478 e. The Morgan fingerprint density at radius 2 is 2.25 bits per heavy atom. The molecule has 0 rings (SSSR count). The molecule has 0 saturated carbocycles. The Hall–Kier alpha value is -0.830. The van der Waals surface area contributed by atoms with Gasteiger partial charge in [0.1, 0.15) is 0 Å². The normalized spacial score (nSPS) is 11.5. The standard InChI is InChI=1S/C5H8O3/c1-4(3-6)2-5(7)8/h2,6H,3H2,1H3,(H,7,8)/b4-2-. The molecule has 0 heterocycles. The van der Waals surface area contributed by atoms with Crippen LogP contribution in [-0.4, -0.2) is 22.8 Å². The van der Waals surface area contributed by atoms with Crippen LogP contribution >= 0.6 is 0 Å². The van der Waals surface area contributed by atoms with Gasteiger partial charge < -0.3 is 10.2 Å². The first-order valence-corrected chi connectivity index (χ1v) is 2.17. The first-order chi connectivity index (χ1) is 3.66. The average molecular weight is 116 g/mol. The number of aliphatic carboxylic acids is 1. The molecule has 0 aliphatic carbocycles. The molecule has 0 aromatic carbocycles. The van der Waals surface area contributed by atoms with Gasteiger partial charge in [0.2, 0.25) is 0 Å². The molecule has 8 heavy (non-hydrogen) atoms. The van der Waals surface area contributed by atoms with Crippen molar-refractivity contribution < 1.29 is 15.0 Å². The second-order valence-electron chi connectivity index (χ2n) is 1.49. The Morgan fingerprint density at radius 3 is 2.38 bits per heavy atom. The number of carboxylic acid groups (broad SMARTS) is 1. The second kappa shape index (κ2) is 3.21. The number of carbonyl (C=O) groups is 1. The third-order valence-corrected chi connectivity index (χ3v) is 0.619. The van der Waals surface area contributed by atoms with Crippen molar-refractivity contribution in [3.63, 3.8) is 0 Å². The first kappa shape index (κ1) is 7.17. The second-order valence-corrected chi connectivity index (χ2v) is 1.49. The van der Waals surface area contributed by atoms with Crippen LogP contribution in [0.2, 0.25) is 0 Å². The van der Waals surface area contributed by atoms with E-state index in [1.54, 1.807) is 6.92 Å². The van der Waals surface area contributed by atoms with Gasteiger partial charge in [-0.25, -0.2) is 4.79 Å². The number of rotatable bonds is 2.